The van der Waals surface area contributed by atoms with Gasteiger partial charge < -0.3 is 10.6 Å². The van der Waals surface area contributed by atoms with Crippen molar-refractivity contribution in [2.75, 3.05) is 6.26 Å². The molecule has 8 heteroatoms. The van der Waals surface area contributed by atoms with Gasteiger partial charge in [-0.25, -0.2) is 8.42 Å². The van der Waals surface area contributed by atoms with Crippen molar-refractivity contribution in [3.05, 3.63) is 58.9 Å². The molecule has 2 N–H and O–H groups in total. The fourth-order valence-electron chi connectivity index (χ4n) is 4.49. The fraction of sp³-hybridized carbons (Fsp3) is 0.552. The van der Waals surface area contributed by atoms with Crippen LogP contribution in [-0.4, -0.2) is 37.0 Å². The van der Waals surface area contributed by atoms with Gasteiger partial charge in [-0.3, -0.25) is 14.6 Å². The Morgan fingerprint density at radius 3 is 1.86 bits per heavy atom. The van der Waals surface area contributed by atoms with Crippen LogP contribution in [0.25, 0.3) is 0 Å². The monoisotopic (exact) mass is 527 g/mol. The standard InChI is InChI=1S/C29H41N3O4S/c1-27(2,3)23-17-21(18-24(31-23)28(4,5)6)25(33)32-29(15-9-8-10-16-29)26(34)30-19-20-11-13-22(14-12-20)37(7,35)36/h11-14,17-18H,8-10,15-16,19H2,1-7H3,(H,30,34)(H,32,33). The van der Waals surface area contributed by atoms with Gasteiger partial charge in [0.1, 0.15) is 5.54 Å². The molecule has 0 unspecified atom stereocenters. The zero-order valence-corrected chi connectivity index (χ0v) is 24.0. The maximum atomic E-state index is 13.6. The molecule has 0 aliphatic heterocycles. The quantitative estimate of drug-likeness (QED) is 0.560. The van der Waals surface area contributed by atoms with Gasteiger partial charge in [0.05, 0.1) is 4.90 Å². The number of nitrogens with one attached hydrogen (secondary N) is 2. The van der Waals surface area contributed by atoms with E-state index in [0.717, 1.165) is 42.5 Å². The number of aromatic nitrogens is 1. The third-order valence-corrected chi connectivity index (χ3v) is 8.05. The minimum absolute atomic E-state index is 0.214. The van der Waals surface area contributed by atoms with Gasteiger partial charge in [-0.15, -0.1) is 0 Å². The van der Waals surface area contributed by atoms with Gasteiger partial charge in [0.15, 0.2) is 9.84 Å². The number of carbonyl (C=O) groups excluding carboxylic acids is 2. The van der Waals surface area contributed by atoms with Crippen molar-refractivity contribution in [3.63, 3.8) is 0 Å². The summed E-state index contributed by atoms with van der Waals surface area (Å²) in [7, 11) is -3.28. The molecule has 0 atom stereocenters. The first-order valence-electron chi connectivity index (χ1n) is 12.9. The topological polar surface area (TPSA) is 105 Å². The summed E-state index contributed by atoms with van der Waals surface area (Å²) < 4.78 is 23.4. The van der Waals surface area contributed by atoms with E-state index < -0.39 is 15.4 Å². The van der Waals surface area contributed by atoms with Crippen LogP contribution in [0, 0.1) is 0 Å². The van der Waals surface area contributed by atoms with Crippen molar-refractivity contribution in [2.45, 2.75) is 101 Å². The van der Waals surface area contributed by atoms with Crippen molar-refractivity contribution < 1.29 is 18.0 Å². The molecule has 3 rings (SSSR count). The van der Waals surface area contributed by atoms with Crippen LogP contribution in [0.5, 0.6) is 0 Å². The van der Waals surface area contributed by atoms with Gasteiger partial charge in [0.25, 0.3) is 5.91 Å². The first-order chi connectivity index (χ1) is 17.0. The van der Waals surface area contributed by atoms with E-state index in [9.17, 15) is 18.0 Å². The Morgan fingerprint density at radius 1 is 0.892 bits per heavy atom. The molecule has 0 radical (unpaired) electrons. The highest BCUT2D eigenvalue weighted by atomic mass is 32.2. The van der Waals surface area contributed by atoms with Crippen LogP contribution in [0.1, 0.15) is 101 Å². The lowest BCUT2D eigenvalue weighted by Gasteiger charge is -2.37. The zero-order chi connectivity index (χ0) is 27.6. The summed E-state index contributed by atoms with van der Waals surface area (Å²) in [6, 6.07) is 10.1. The van der Waals surface area contributed by atoms with Crippen molar-refractivity contribution >= 4 is 21.7 Å². The molecule has 1 aromatic carbocycles. The van der Waals surface area contributed by atoms with Crippen LogP contribution in [0.2, 0.25) is 0 Å². The highest BCUT2D eigenvalue weighted by molar-refractivity contribution is 7.90. The largest absolute Gasteiger partial charge is 0.350 e. The highest BCUT2D eigenvalue weighted by Crippen LogP contribution is 2.31. The number of amides is 2. The number of rotatable bonds is 6. The van der Waals surface area contributed by atoms with Gasteiger partial charge in [-0.2, -0.15) is 0 Å². The van der Waals surface area contributed by atoms with Crippen LogP contribution < -0.4 is 10.6 Å². The molecular formula is C29H41N3O4S. The van der Waals surface area contributed by atoms with E-state index in [0.29, 0.717) is 18.4 Å². The van der Waals surface area contributed by atoms with E-state index >= 15 is 0 Å². The van der Waals surface area contributed by atoms with Crippen LogP contribution in [-0.2, 0) is 32.0 Å². The first-order valence-corrected chi connectivity index (χ1v) is 14.8. The zero-order valence-electron chi connectivity index (χ0n) is 23.2. The first kappa shape index (κ1) is 28.8. The molecule has 0 bridgehead atoms. The SMILES string of the molecule is CC(C)(C)c1cc(C(=O)NC2(C(=O)NCc3ccc(S(C)(=O)=O)cc3)CCCCC2)cc(C(C)(C)C)n1. The average Bonchev–Trinajstić information content (AvgIpc) is 2.81. The lowest BCUT2D eigenvalue weighted by atomic mass is 9.80. The Balaban J connectivity index is 1.84. The van der Waals surface area contributed by atoms with Crippen LogP contribution in [0.3, 0.4) is 0 Å². The second-order valence-corrected chi connectivity index (χ2v) is 14.3. The van der Waals surface area contributed by atoms with Gasteiger partial charge in [-0.1, -0.05) is 72.9 Å². The number of sulfone groups is 1. The van der Waals surface area contributed by atoms with Crippen LogP contribution in [0.15, 0.2) is 41.3 Å². The van der Waals surface area contributed by atoms with Crippen molar-refractivity contribution in [3.8, 4) is 0 Å². The number of hydrogen-bond donors (Lipinski definition) is 2. The molecule has 1 saturated carbocycles. The predicted molar refractivity (Wildman–Crippen MR) is 146 cm³/mol. The molecule has 202 valence electrons. The lowest BCUT2D eigenvalue weighted by Crippen LogP contribution is -2.59. The Kier molecular flexibility index (Phi) is 8.22. The average molecular weight is 528 g/mol. The minimum Gasteiger partial charge on any atom is -0.350 e. The third-order valence-electron chi connectivity index (χ3n) is 6.92. The lowest BCUT2D eigenvalue weighted by molar-refractivity contribution is -0.128. The Bertz CT molecular complexity index is 1220. The van der Waals surface area contributed by atoms with Crippen LogP contribution >= 0.6 is 0 Å². The van der Waals surface area contributed by atoms with Gasteiger partial charge in [-0.05, 0) is 42.7 Å². The number of benzene rings is 1. The third kappa shape index (κ3) is 7.18. The van der Waals surface area contributed by atoms with E-state index in [-0.39, 0.29) is 34.1 Å². The van der Waals surface area contributed by atoms with E-state index in [1.807, 2.05) is 12.1 Å². The number of pyridine rings is 1. The summed E-state index contributed by atoms with van der Waals surface area (Å²) in [6.45, 7) is 12.7. The Morgan fingerprint density at radius 2 is 1.41 bits per heavy atom. The summed E-state index contributed by atoms with van der Waals surface area (Å²) in [5.41, 5.74) is 1.52. The summed E-state index contributed by atoms with van der Waals surface area (Å²) in [6.07, 6.45) is 5.04. The molecular weight excluding hydrogens is 486 g/mol. The molecule has 0 spiro atoms. The smallest absolute Gasteiger partial charge is 0.252 e. The molecule has 1 aliphatic carbocycles. The van der Waals surface area contributed by atoms with Crippen molar-refractivity contribution in [1.82, 2.24) is 15.6 Å². The molecule has 1 aromatic heterocycles. The maximum absolute atomic E-state index is 13.6. The molecule has 0 saturated heterocycles. The molecule has 1 fully saturated rings. The van der Waals surface area contributed by atoms with E-state index in [2.05, 4.69) is 52.2 Å². The Hall–Kier alpha value is -2.74. The molecule has 7 nitrogen and oxygen atoms in total. The number of carbonyl (C=O) groups is 2. The van der Waals surface area contributed by atoms with Crippen molar-refractivity contribution in [1.29, 1.82) is 0 Å². The summed E-state index contributed by atoms with van der Waals surface area (Å²) in [4.78, 5) is 32.2. The molecule has 1 aliphatic rings. The van der Waals surface area contributed by atoms with Gasteiger partial charge in [0.2, 0.25) is 5.91 Å². The van der Waals surface area contributed by atoms with E-state index in [4.69, 9.17) is 4.98 Å². The molecule has 2 amide bonds. The fourth-order valence-corrected chi connectivity index (χ4v) is 5.12. The second-order valence-electron chi connectivity index (χ2n) is 12.3. The predicted octanol–water partition coefficient (Wildman–Crippen LogP) is 4.83. The van der Waals surface area contributed by atoms with E-state index in [1.165, 1.54) is 12.1 Å². The Labute approximate surface area is 221 Å². The number of hydrogen-bond acceptors (Lipinski definition) is 5. The van der Waals surface area contributed by atoms with Gasteiger partial charge in [0, 0.05) is 40.6 Å². The molecule has 2 aromatic rings. The van der Waals surface area contributed by atoms with Crippen molar-refractivity contribution in [2.24, 2.45) is 0 Å². The van der Waals surface area contributed by atoms with Crippen LogP contribution in [0.4, 0.5) is 0 Å². The molecule has 1 heterocycles. The molecule has 37 heavy (non-hydrogen) atoms. The number of nitrogens with zero attached hydrogens (tertiary/aromatic N) is 1. The maximum Gasteiger partial charge on any atom is 0.252 e. The summed E-state index contributed by atoms with van der Waals surface area (Å²) >= 11 is 0. The van der Waals surface area contributed by atoms with E-state index in [1.54, 1.807) is 12.1 Å². The summed E-state index contributed by atoms with van der Waals surface area (Å²) in [5.74, 6) is -0.484. The summed E-state index contributed by atoms with van der Waals surface area (Å²) in [5, 5.41) is 6.09. The normalized spacial score (nSPS) is 16.2. The van der Waals surface area contributed by atoms with Gasteiger partial charge >= 0.3 is 0 Å². The highest BCUT2D eigenvalue weighted by Gasteiger charge is 2.41. The minimum atomic E-state index is -3.28. The second kappa shape index (κ2) is 10.6.